The van der Waals surface area contributed by atoms with Crippen LogP contribution in [0.2, 0.25) is 0 Å². The lowest BCUT2D eigenvalue weighted by Crippen LogP contribution is -2.34. The van der Waals surface area contributed by atoms with E-state index in [-0.39, 0.29) is 29.7 Å². The minimum absolute atomic E-state index is 0.124. The van der Waals surface area contributed by atoms with Crippen molar-refractivity contribution in [1.29, 1.82) is 0 Å². The third-order valence-corrected chi connectivity index (χ3v) is 4.51. The van der Waals surface area contributed by atoms with Crippen LogP contribution in [-0.4, -0.2) is 30.1 Å². The molecule has 8 heteroatoms. The summed E-state index contributed by atoms with van der Waals surface area (Å²) < 4.78 is 3.00. The van der Waals surface area contributed by atoms with E-state index >= 15 is 0 Å². The van der Waals surface area contributed by atoms with Gasteiger partial charge >= 0.3 is 0 Å². The van der Waals surface area contributed by atoms with Gasteiger partial charge in [0.1, 0.15) is 12.4 Å². The SMILES string of the molecule is Cc1nnc2c(=O)n(CC(=O)N[C@@H](C)c3ccccc3)c3cccnc3n12. The minimum Gasteiger partial charge on any atom is -0.348 e. The lowest BCUT2D eigenvalue weighted by molar-refractivity contribution is -0.122. The van der Waals surface area contributed by atoms with Crippen molar-refractivity contribution in [2.75, 3.05) is 0 Å². The molecule has 8 nitrogen and oxygen atoms in total. The highest BCUT2D eigenvalue weighted by Gasteiger charge is 2.18. The summed E-state index contributed by atoms with van der Waals surface area (Å²) in [6, 6.07) is 13.0. The van der Waals surface area contributed by atoms with Crippen molar-refractivity contribution in [3.8, 4) is 0 Å². The van der Waals surface area contributed by atoms with Crippen LogP contribution in [0.4, 0.5) is 0 Å². The quantitative estimate of drug-likeness (QED) is 0.595. The molecule has 0 saturated carbocycles. The van der Waals surface area contributed by atoms with Crippen molar-refractivity contribution in [2.45, 2.75) is 26.4 Å². The molecule has 136 valence electrons. The van der Waals surface area contributed by atoms with Gasteiger partial charge in [0.25, 0.3) is 5.56 Å². The van der Waals surface area contributed by atoms with Crippen LogP contribution in [-0.2, 0) is 11.3 Å². The maximum Gasteiger partial charge on any atom is 0.297 e. The Hall–Kier alpha value is -3.55. The first-order valence-corrected chi connectivity index (χ1v) is 8.60. The second kappa shape index (κ2) is 6.64. The fourth-order valence-corrected chi connectivity index (χ4v) is 3.17. The highest BCUT2D eigenvalue weighted by atomic mass is 16.2. The van der Waals surface area contributed by atoms with E-state index in [1.54, 1.807) is 29.7 Å². The lowest BCUT2D eigenvalue weighted by atomic mass is 10.1. The number of aryl methyl sites for hydroxylation is 1. The third kappa shape index (κ3) is 2.95. The van der Waals surface area contributed by atoms with Crippen LogP contribution < -0.4 is 10.9 Å². The topological polar surface area (TPSA) is 94.2 Å². The molecule has 0 aliphatic carbocycles. The molecule has 0 fully saturated rings. The monoisotopic (exact) mass is 362 g/mol. The maximum atomic E-state index is 12.9. The van der Waals surface area contributed by atoms with Crippen LogP contribution in [0.1, 0.15) is 24.4 Å². The van der Waals surface area contributed by atoms with Gasteiger partial charge in [0.15, 0.2) is 5.65 Å². The molecule has 0 aliphatic heterocycles. The number of aromatic nitrogens is 5. The number of carbonyl (C=O) groups is 1. The molecule has 1 N–H and O–H groups in total. The number of rotatable bonds is 4. The Kier molecular flexibility index (Phi) is 4.15. The fourth-order valence-electron chi connectivity index (χ4n) is 3.17. The molecule has 3 aromatic heterocycles. The number of carbonyl (C=O) groups excluding carboxylic acids is 1. The molecule has 4 aromatic rings. The highest BCUT2D eigenvalue weighted by Crippen LogP contribution is 2.14. The van der Waals surface area contributed by atoms with Crippen molar-refractivity contribution in [1.82, 2.24) is 29.5 Å². The van der Waals surface area contributed by atoms with Crippen LogP contribution in [0.15, 0.2) is 53.5 Å². The summed E-state index contributed by atoms with van der Waals surface area (Å²) in [5.74, 6) is 0.305. The van der Waals surface area contributed by atoms with Crippen molar-refractivity contribution < 1.29 is 4.79 Å². The van der Waals surface area contributed by atoms with E-state index < -0.39 is 0 Å². The van der Waals surface area contributed by atoms with Gasteiger partial charge in [-0.2, -0.15) is 0 Å². The van der Waals surface area contributed by atoms with E-state index in [2.05, 4.69) is 20.5 Å². The van der Waals surface area contributed by atoms with Gasteiger partial charge in [-0.3, -0.25) is 18.6 Å². The summed E-state index contributed by atoms with van der Waals surface area (Å²) in [4.78, 5) is 29.8. The average Bonchev–Trinajstić information content (AvgIpc) is 3.08. The van der Waals surface area contributed by atoms with Gasteiger partial charge in [0.05, 0.1) is 11.6 Å². The number of nitrogens with zero attached hydrogens (tertiary/aromatic N) is 5. The maximum absolute atomic E-state index is 12.9. The fraction of sp³-hybridized carbons (Fsp3) is 0.211. The first-order valence-electron chi connectivity index (χ1n) is 8.60. The van der Waals surface area contributed by atoms with Crippen molar-refractivity contribution in [3.05, 3.63) is 70.4 Å². The van der Waals surface area contributed by atoms with E-state index in [4.69, 9.17) is 0 Å². The van der Waals surface area contributed by atoms with E-state index in [0.717, 1.165) is 5.56 Å². The van der Waals surface area contributed by atoms with Gasteiger partial charge in [0, 0.05) is 6.20 Å². The second-order valence-electron chi connectivity index (χ2n) is 6.34. The summed E-state index contributed by atoms with van der Waals surface area (Å²) in [6.07, 6.45) is 1.63. The molecular formula is C19H18N6O2. The summed E-state index contributed by atoms with van der Waals surface area (Å²) >= 11 is 0. The van der Waals surface area contributed by atoms with Gasteiger partial charge in [-0.15, -0.1) is 10.2 Å². The van der Waals surface area contributed by atoms with Crippen LogP contribution >= 0.6 is 0 Å². The van der Waals surface area contributed by atoms with E-state index in [9.17, 15) is 9.59 Å². The second-order valence-corrected chi connectivity index (χ2v) is 6.34. The average molecular weight is 362 g/mol. The molecule has 4 rings (SSSR count). The normalized spacial score (nSPS) is 12.4. The molecule has 0 aliphatic rings. The predicted molar refractivity (Wildman–Crippen MR) is 100 cm³/mol. The number of benzene rings is 1. The summed E-state index contributed by atoms with van der Waals surface area (Å²) in [5, 5.41) is 10.9. The van der Waals surface area contributed by atoms with Gasteiger partial charge in [-0.1, -0.05) is 30.3 Å². The summed E-state index contributed by atoms with van der Waals surface area (Å²) in [7, 11) is 0. The standard InChI is InChI=1S/C19H18N6O2/c1-12(14-7-4-3-5-8-14)21-16(26)11-24-15-9-6-10-20-17(15)25-13(2)22-23-18(25)19(24)27/h3-10,12H,11H2,1-2H3,(H,21,26)/t12-/m0/s1. The van der Waals surface area contributed by atoms with Crippen molar-refractivity contribution in [3.63, 3.8) is 0 Å². The van der Waals surface area contributed by atoms with E-state index in [0.29, 0.717) is 17.0 Å². The molecule has 0 bridgehead atoms. The highest BCUT2D eigenvalue weighted by molar-refractivity contribution is 5.80. The smallest absolute Gasteiger partial charge is 0.297 e. The molecule has 1 atom stereocenters. The Labute approximate surface area is 154 Å². The Balaban J connectivity index is 1.72. The summed E-state index contributed by atoms with van der Waals surface area (Å²) in [6.45, 7) is 3.54. The Morgan fingerprint density at radius 1 is 1.11 bits per heavy atom. The molecule has 1 aromatic carbocycles. The Bertz CT molecular complexity index is 1200. The number of pyridine rings is 1. The zero-order valence-corrected chi connectivity index (χ0v) is 15.0. The van der Waals surface area contributed by atoms with E-state index in [1.807, 2.05) is 37.3 Å². The van der Waals surface area contributed by atoms with Gasteiger partial charge in [0.2, 0.25) is 11.6 Å². The third-order valence-electron chi connectivity index (χ3n) is 4.51. The first-order chi connectivity index (χ1) is 13.1. The number of hydrogen-bond acceptors (Lipinski definition) is 5. The van der Waals surface area contributed by atoms with Gasteiger partial charge in [-0.05, 0) is 31.5 Å². The van der Waals surface area contributed by atoms with E-state index in [1.165, 1.54) is 4.57 Å². The Morgan fingerprint density at radius 2 is 1.89 bits per heavy atom. The first kappa shape index (κ1) is 16.9. The molecule has 0 radical (unpaired) electrons. The molecule has 0 unspecified atom stereocenters. The number of fused-ring (bicyclic) bond motifs is 3. The summed E-state index contributed by atoms with van der Waals surface area (Å²) in [5.41, 5.74) is 1.87. The molecule has 3 heterocycles. The van der Waals surface area contributed by atoms with Crippen molar-refractivity contribution in [2.24, 2.45) is 0 Å². The van der Waals surface area contributed by atoms with Crippen LogP contribution in [0.3, 0.4) is 0 Å². The molecule has 0 saturated heterocycles. The largest absolute Gasteiger partial charge is 0.348 e. The number of amides is 1. The predicted octanol–water partition coefficient (Wildman–Crippen LogP) is 1.63. The van der Waals surface area contributed by atoms with Crippen LogP contribution in [0, 0.1) is 6.92 Å². The van der Waals surface area contributed by atoms with Gasteiger partial charge < -0.3 is 5.32 Å². The lowest BCUT2D eigenvalue weighted by Gasteiger charge is -2.16. The Morgan fingerprint density at radius 3 is 2.67 bits per heavy atom. The molecule has 0 spiro atoms. The van der Waals surface area contributed by atoms with Gasteiger partial charge in [-0.25, -0.2) is 4.98 Å². The minimum atomic E-state index is -0.376. The number of nitrogens with one attached hydrogen (secondary N) is 1. The molecular weight excluding hydrogens is 344 g/mol. The zero-order valence-electron chi connectivity index (χ0n) is 15.0. The molecule has 27 heavy (non-hydrogen) atoms. The molecule has 1 amide bonds. The number of hydrogen-bond donors (Lipinski definition) is 1. The van der Waals surface area contributed by atoms with Crippen molar-refractivity contribution >= 4 is 22.7 Å². The zero-order chi connectivity index (χ0) is 19.0. The van der Waals surface area contributed by atoms with Crippen LogP contribution in [0.25, 0.3) is 16.8 Å². The van der Waals surface area contributed by atoms with Crippen LogP contribution in [0.5, 0.6) is 0 Å².